The predicted molar refractivity (Wildman–Crippen MR) is 104 cm³/mol. The van der Waals surface area contributed by atoms with E-state index >= 15 is 0 Å². The van der Waals surface area contributed by atoms with E-state index in [2.05, 4.69) is 17.1 Å². The largest absolute Gasteiger partial charge is 0.370 e. The zero-order valence-corrected chi connectivity index (χ0v) is 16.1. The van der Waals surface area contributed by atoms with Gasteiger partial charge in [-0.1, -0.05) is 23.2 Å². The highest BCUT2D eigenvalue weighted by molar-refractivity contribution is 6.34. The molecule has 0 spiro atoms. The molecule has 1 aliphatic heterocycles. The number of benzene rings is 1. The van der Waals surface area contributed by atoms with E-state index in [0.29, 0.717) is 28.9 Å². The molecule has 1 aliphatic rings. The summed E-state index contributed by atoms with van der Waals surface area (Å²) >= 11 is 12.1. The number of aliphatic imine (C=N–C) groups is 1. The van der Waals surface area contributed by atoms with Crippen molar-refractivity contribution in [1.29, 1.82) is 0 Å². The van der Waals surface area contributed by atoms with Crippen LogP contribution in [0.2, 0.25) is 10.0 Å². The molecular weight excluding hydrogens is 359 g/mol. The first kappa shape index (κ1) is 19.9. The predicted octanol–water partition coefficient (Wildman–Crippen LogP) is 3.09. The van der Waals surface area contributed by atoms with E-state index in [4.69, 9.17) is 33.9 Å². The van der Waals surface area contributed by atoms with Crippen molar-refractivity contribution in [2.75, 3.05) is 26.2 Å². The molecular formula is C18H26Cl2N4O. The zero-order chi connectivity index (χ0) is 18.2. The van der Waals surface area contributed by atoms with Gasteiger partial charge in [-0.2, -0.15) is 0 Å². The SMILES string of the molecule is CCNC(=NCCc1cc(Cl)cc(Cl)c1)N1CCCC(CC(N)=O)C1. The highest BCUT2D eigenvalue weighted by Gasteiger charge is 2.23. The van der Waals surface area contributed by atoms with Crippen LogP contribution in [-0.4, -0.2) is 42.9 Å². The maximum absolute atomic E-state index is 11.2. The van der Waals surface area contributed by atoms with Crippen LogP contribution in [0.1, 0.15) is 31.7 Å². The molecule has 25 heavy (non-hydrogen) atoms. The third-order valence-electron chi connectivity index (χ3n) is 4.23. The molecule has 0 aliphatic carbocycles. The van der Waals surface area contributed by atoms with Gasteiger partial charge in [0.25, 0.3) is 0 Å². The second kappa shape index (κ2) is 9.88. The van der Waals surface area contributed by atoms with Gasteiger partial charge in [0.15, 0.2) is 5.96 Å². The quantitative estimate of drug-likeness (QED) is 0.584. The van der Waals surface area contributed by atoms with Crippen molar-refractivity contribution in [3.05, 3.63) is 33.8 Å². The Hall–Kier alpha value is -1.46. The smallest absolute Gasteiger partial charge is 0.217 e. The Labute approximate surface area is 159 Å². The summed E-state index contributed by atoms with van der Waals surface area (Å²) in [6.45, 7) is 5.27. The number of carbonyl (C=O) groups is 1. The van der Waals surface area contributed by atoms with Crippen molar-refractivity contribution in [2.45, 2.75) is 32.6 Å². The maximum Gasteiger partial charge on any atom is 0.217 e. The summed E-state index contributed by atoms with van der Waals surface area (Å²) in [6.07, 6.45) is 3.30. The van der Waals surface area contributed by atoms with Crippen molar-refractivity contribution < 1.29 is 4.79 Å². The van der Waals surface area contributed by atoms with Gasteiger partial charge >= 0.3 is 0 Å². The van der Waals surface area contributed by atoms with Crippen molar-refractivity contribution in [3.63, 3.8) is 0 Å². The minimum absolute atomic E-state index is 0.230. The molecule has 1 heterocycles. The molecule has 0 aromatic heterocycles. The zero-order valence-electron chi connectivity index (χ0n) is 14.6. The number of nitrogens with zero attached hydrogens (tertiary/aromatic N) is 2. The molecule has 0 radical (unpaired) electrons. The molecule has 1 amide bonds. The van der Waals surface area contributed by atoms with Gasteiger partial charge < -0.3 is 16.0 Å². The third-order valence-corrected chi connectivity index (χ3v) is 4.66. The van der Waals surface area contributed by atoms with E-state index in [9.17, 15) is 4.79 Å². The number of hydrogen-bond acceptors (Lipinski definition) is 2. The van der Waals surface area contributed by atoms with Crippen LogP contribution in [0, 0.1) is 5.92 Å². The molecule has 1 fully saturated rings. The molecule has 5 nitrogen and oxygen atoms in total. The van der Waals surface area contributed by atoms with Gasteiger partial charge in [-0.25, -0.2) is 0 Å². The summed E-state index contributed by atoms with van der Waals surface area (Å²) < 4.78 is 0. The molecule has 1 unspecified atom stereocenters. The second-order valence-corrected chi connectivity index (χ2v) is 7.26. The average molecular weight is 385 g/mol. The normalized spacial score (nSPS) is 18.3. The Morgan fingerprint density at radius 1 is 1.36 bits per heavy atom. The first-order valence-electron chi connectivity index (χ1n) is 8.74. The van der Waals surface area contributed by atoms with E-state index in [1.807, 2.05) is 12.1 Å². The van der Waals surface area contributed by atoms with Gasteiger partial charge in [0, 0.05) is 42.6 Å². The fourth-order valence-electron chi connectivity index (χ4n) is 3.18. The van der Waals surface area contributed by atoms with E-state index in [0.717, 1.165) is 50.4 Å². The minimum atomic E-state index is -0.230. The Bertz CT molecular complexity index is 601. The van der Waals surface area contributed by atoms with Crippen LogP contribution in [0.25, 0.3) is 0 Å². The molecule has 1 aromatic rings. The molecule has 1 aromatic carbocycles. The number of guanidine groups is 1. The van der Waals surface area contributed by atoms with Crippen molar-refractivity contribution in [1.82, 2.24) is 10.2 Å². The van der Waals surface area contributed by atoms with Crippen molar-refractivity contribution in [2.24, 2.45) is 16.6 Å². The van der Waals surface area contributed by atoms with Gasteiger partial charge in [0.2, 0.25) is 5.91 Å². The fraction of sp³-hybridized carbons (Fsp3) is 0.556. The first-order valence-corrected chi connectivity index (χ1v) is 9.50. The first-order chi connectivity index (χ1) is 12.0. The molecule has 2 rings (SSSR count). The highest BCUT2D eigenvalue weighted by Crippen LogP contribution is 2.20. The summed E-state index contributed by atoms with van der Waals surface area (Å²) in [5.41, 5.74) is 6.42. The van der Waals surface area contributed by atoms with Gasteiger partial charge in [-0.15, -0.1) is 0 Å². The number of hydrogen-bond donors (Lipinski definition) is 2. The molecule has 0 saturated carbocycles. The monoisotopic (exact) mass is 384 g/mol. The van der Waals surface area contributed by atoms with Crippen LogP contribution in [0.15, 0.2) is 23.2 Å². The molecule has 7 heteroatoms. The summed E-state index contributed by atoms with van der Waals surface area (Å²) in [6, 6.07) is 5.56. The number of piperidine rings is 1. The van der Waals surface area contributed by atoms with Crippen LogP contribution in [-0.2, 0) is 11.2 Å². The van der Waals surface area contributed by atoms with E-state index < -0.39 is 0 Å². The topological polar surface area (TPSA) is 70.7 Å². The number of primary amides is 1. The molecule has 1 atom stereocenters. The number of nitrogens with one attached hydrogen (secondary N) is 1. The number of halogens is 2. The molecule has 1 saturated heterocycles. The summed E-state index contributed by atoms with van der Waals surface area (Å²) in [5.74, 6) is 0.971. The van der Waals surface area contributed by atoms with Gasteiger partial charge in [-0.3, -0.25) is 9.79 Å². The maximum atomic E-state index is 11.2. The lowest BCUT2D eigenvalue weighted by Gasteiger charge is -2.34. The molecule has 138 valence electrons. The van der Waals surface area contributed by atoms with E-state index in [-0.39, 0.29) is 5.91 Å². The number of carbonyl (C=O) groups excluding carboxylic acids is 1. The van der Waals surface area contributed by atoms with Crippen LogP contribution >= 0.6 is 23.2 Å². The van der Waals surface area contributed by atoms with Crippen molar-refractivity contribution in [3.8, 4) is 0 Å². The number of amides is 1. The van der Waals surface area contributed by atoms with E-state index in [1.165, 1.54) is 0 Å². The van der Waals surface area contributed by atoms with Crippen LogP contribution in [0.5, 0.6) is 0 Å². The highest BCUT2D eigenvalue weighted by atomic mass is 35.5. The fourth-order valence-corrected chi connectivity index (χ4v) is 3.75. The third kappa shape index (κ3) is 6.75. The number of likely N-dealkylation sites (tertiary alicyclic amines) is 1. The average Bonchev–Trinajstić information content (AvgIpc) is 2.53. The Morgan fingerprint density at radius 2 is 2.08 bits per heavy atom. The lowest BCUT2D eigenvalue weighted by Crippen LogP contribution is -2.47. The lowest BCUT2D eigenvalue weighted by atomic mass is 9.95. The minimum Gasteiger partial charge on any atom is -0.370 e. The van der Waals surface area contributed by atoms with Crippen molar-refractivity contribution >= 4 is 35.1 Å². The standard InChI is InChI=1S/C18H26Cl2N4O/c1-2-22-18(24-7-3-4-14(12-24)10-17(21)25)23-6-5-13-8-15(19)11-16(20)9-13/h8-9,11,14H,2-7,10,12H2,1H3,(H2,21,25)(H,22,23). The van der Waals surface area contributed by atoms with Gasteiger partial charge in [0.05, 0.1) is 0 Å². The summed E-state index contributed by atoms with van der Waals surface area (Å²) in [7, 11) is 0. The number of rotatable bonds is 6. The molecule has 0 bridgehead atoms. The van der Waals surface area contributed by atoms with Crippen LogP contribution in [0.4, 0.5) is 0 Å². The Morgan fingerprint density at radius 3 is 2.72 bits per heavy atom. The molecule has 3 N–H and O–H groups in total. The Balaban J connectivity index is 1.98. The Kier molecular flexibility index (Phi) is 7.85. The summed E-state index contributed by atoms with van der Waals surface area (Å²) in [5, 5.41) is 4.63. The summed E-state index contributed by atoms with van der Waals surface area (Å²) in [4.78, 5) is 18.2. The van der Waals surface area contributed by atoms with Crippen LogP contribution < -0.4 is 11.1 Å². The number of nitrogens with two attached hydrogens (primary N) is 1. The van der Waals surface area contributed by atoms with E-state index in [1.54, 1.807) is 6.07 Å². The van der Waals surface area contributed by atoms with Crippen LogP contribution in [0.3, 0.4) is 0 Å². The van der Waals surface area contributed by atoms with Gasteiger partial charge in [0.1, 0.15) is 0 Å². The second-order valence-electron chi connectivity index (χ2n) is 6.39. The van der Waals surface area contributed by atoms with Gasteiger partial charge in [-0.05, 0) is 55.9 Å². The lowest BCUT2D eigenvalue weighted by molar-refractivity contribution is -0.119.